The van der Waals surface area contributed by atoms with E-state index >= 15 is 0 Å². The number of hydrogen-bond donors (Lipinski definition) is 0. The third kappa shape index (κ3) is 3.60. The van der Waals surface area contributed by atoms with Crippen LogP contribution in [0.5, 0.6) is 0 Å². The lowest BCUT2D eigenvalue weighted by Gasteiger charge is -2.32. The van der Waals surface area contributed by atoms with E-state index in [2.05, 4.69) is 56.1 Å². The summed E-state index contributed by atoms with van der Waals surface area (Å²) < 4.78 is 6.92. The molecule has 0 saturated heterocycles. The zero-order chi connectivity index (χ0) is 18.7. The summed E-state index contributed by atoms with van der Waals surface area (Å²) in [7, 11) is 2.93. The monoisotopic (exact) mass is 482 g/mol. The molecular formula is C20H20Br2O4. The Kier molecular flexibility index (Phi) is 6.17. The molecule has 0 aromatic heterocycles. The molecular weight excluding hydrogens is 464 g/mol. The fourth-order valence-electron chi connectivity index (χ4n) is 3.82. The second-order valence-electron chi connectivity index (χ2n) is 6.28. The van der Waals surface area contributed by atoms with Crippen LogP contribution in [0.4, 0.5) is 0 Å². The first-order valence-electron chi connectivity index (χ1n) is 8.34. The van der Waals surface area contributed by atoms with Crippen LogP contribution in [-0.2, 0) is 24.7 Å². The Hall–Kier alpha value is -1.21. The zero-order valence-electron chi connectivity index (χ0n) is 14.7. The highest BCUT2D eigenvalue weighted by Crippen LogP contribution is 2.54. The molecule has 26 heavy (non-hydrogen) atoms. The first kappa shape index (κ1) is 19.5. The average Bonchev–Trinajstić information content (AvgIpc) is 2.89. The summed E-state index contributed by atoms with van der Waals surface area (Å²) in [6.07, 6.45) is 1.67. The minimum atomic E-state index is -0.342. The van der Waals surface area contributed by atoms with Crippen molar-refractivity contribution in [3.8, 4) is 11.1 Å². The molecule has 0 heterocycles. The fraction of sp³-hybridized carbons (Fsp3) is 0.350. The average molecular weight is 484 g/mol. The van der Waals surface area contributed by atoms with Crippen LogP contribution in [0.15, 0.2) is 45.3 Å². The Balaban J connectivity index is 2.15. The highest BCUT2D eigenvalue weighted by atomic mass is 79.9. The number of carbonyl (C=O) groups is 1. The Labute approximate surface area is 170 Å². The summed E-state index contributed by atoms with van der Waals surface area (Å²) in [5.41, 5.74) is 4.44. The van der Waals surface area contributed by atoms with Gasteiger partial charge in [0, 0.05) is 20.8 Å². The van der Waals surface area contributed by atoms with Crippen molar-refractivity contribution in [3.05, 3.63) is 56.5 Å². The van der Waals surface area contributed by atoms with E-state index in [1.165, 1.54) is 36.5 Å². The van der Waals surface area contributed by atoms with E-state index in [-0.39, 0.29) is 11.4 Å². The minimum absolute atomic E-state index is 0.211. The highest BCUT2D eigenvalue weighted by Gasteiger charge is 2.43. The maximum atomic E-state index is 11.9. The molecule has 0 amide bonds. The van der Waals surface area contributed by atoms with Crippen LogP contribution in [0, 0.1) is 0 Å². The van der Waals surface area contributed by atoms with Gasteiger partial charge in [0.05, 0.1) is 20.8 Å². The normalized spacial score (nSPS) is 14.0. The second kappa shape index (κ2) is 8.21. The molecule has 1 aliphatic carbocycles. The van der Waals surface area contributed by atoms with Gasteiger partial charge < -0.3 is 4.74 Å². The molecule has 0 radical (unpaired) electrons. The molecule has 0 bridgehead atoms. The van der Waals surface area contributed by atoms with Gasteiger partial charge in [-0.15, -0.1) is 0 Å². The molecule has 1 aliphatic rings. The lowest BCUT2D eigenvalue weighted by atomic mass is 9.72. The molecule has 3 rings (SSSR count). The summed E-state index contributed by atoms with van der Waals surface area (Å²) >= 11 is 7.19. The fourth-order valence-corrected chi connectivity index (χ4v) is 4.54. The van der Waals surface area contributed by atoms with Crippen molar-refractivity contribution >= 4 is 37.8 Å². The van der Waals surface area contributed by atoms with Gasteiger partial charge in [-0.05, 0) is 59.4 Å². The quantitative estimate of drug-likeness (QED) is 0.229. The molecule has 0 atom stereocenters. The van der Waals surface area contributed by atoms with E-state index in [4.69, 9.17) is 14.5 Å². The molecule has 2 aromatic carbocycles. The molecule has 138 valence electrons. The number of carbonyl (C=O) groups excluding carboxylic acids is 1. The first-order valence-corrected chi connectivity index (χ1v) is 9.93. The molecule has 0 unspecified atom stereocenters. The molecule has 0 saturated carbocycles. The van der Waals surface area contributed by atoms with Crippen molar-refractivity contribution in [1.29, 1.82) is 0 Å². The predicted molar refractivity (Wildman–Crippen MR) is 107 cm³/mol. The lowest BCUT2D eigenvalue weighted by Crippen LogP contribution is -2.28. The van der Waals surface area contributed by atoms with Crippen LogP contribution in [0.3, 0.4) is 0 Å². The minimum Gasteiger partial charge on any atom is -0.469 e. The third-order valence-corrected chi connectivity index (χ3v) is 5.98. The molecule has 0 N–H and O–H groups in total. The van der Waals surface area contributed by atoms with Gasteiger partial charge in [0.2, 0.25) is 0 Å². The number of ether oxygens (including phenoxy) is 1. The highest BCUT2D eigenvalue weighted by molar-refractivity contribution is 9.10. The lowest BCUT2D eigenvalue weighted by molar-refractivity contribution is -0.274. The van der Waals surface area contributed by atoms with Crippen molar-refractivity contribution in [2.75, 3.05) is 20.8 Å². The molecule has 4 nitrogen and oxygen atoms in total. The molecule has 0 spiro atoms. The Bertz CT molecular complexity index is 768. The number of rotatable bonds is 7. The summed E-state index contributed by atoms with van der Waals surface area (Å²) in [6.45, 7) is 0.426. The number of hydrogen-bond acceptors (Lipinski definition) is 4. The van der Waals surface area contributed by atoms with Crippen LogP contribution in [-0.4, -0.2) is 26.8 Å². The van der Waals surface area contributed by atoms with E-state index in [0.717, 1.165) is 8.95 Å². The van der Waals surface area contributed by atoms with Gasteiger partial charge >= 0.3 is 5.97 Å². The summed E-state index contributed by atoms with van der Waals surface area (Å²) in [5, 5.41) is 0. The van der Waals surface area contributed by atoms with E-state index in [9.17, 15) is 4.79 Å². The molecule has 0 aliphatic heterocycles. The Morgan fingerprint density at radius 1 is 0.962 bits per heavy atom. The largest absolute Gasteiger partial charge is 0.469 e. The van der Waals surface area contributed by atoms with Crippen LogP contribution in [0.2, 0.25) is 0 Å². The summed E-state index contributed by atoms with van der Waals surface area (Å²) in [6, 6.07) is 12.6. The van der Waals surface area contributed by atoms with E-state index < -0.39 is 0 Å². The van der Waals surface area contributed by atoms with Gasteiger partial charge in [-0.25, -0.2) is 9.78 Å². The first-order chi connectivity index (χ1) is 12.5. The number of fused-ring (bicyclic) bond motifs is 3. The maximum absolute atomic E-state index is 11.9. The van der Waals surface area contributed by atoms with Crippen molar-refractivity contribution in [3.63, 3.8) is 0 Å². The van der Waals surface area contributed by atoms with Crippen LogP contribution in [0.1, 0.15) is 30.4 Å². The second-order valence-corrected chi connectivity index (χ2v) is 8.11. The van der Waals surface area contributed by atoms with Gasteiger partial charge in [-0.2, -0.15) is 0 Å². The zero-order valence-corrected chi connectivity index (χ0v) is 17.9. The topological polar surface area (TPSA) is 44.8 Å². The van der Waals surface area contributed by atoms with E-state index in [1.54, 1.807) is 0 Å². The molecule has 2 aromatic rings. The SMILES string of the molecule is COOCCC1(CCC(=O)OC)c2cc(Br)ccc2-c2ccc(Br)cc21. The number of methoxy groups -OCH3 is 1. The van der Waals surface area contributed by atoms with Crippen LogP contribution < -0.4 is 0 Å². The number of esters is 1. The summed E-state index contributed by atoms with van der Waals surface area (Å²) in [5.74, 6) is -0.211. The number of benzene rings is 2. The Morgan fingerprint density at radius 2 is 1.54 bits per heavy atom. The van der Waals surface area contributed by atoms with Gasteiger partial charge in [-0.1, -0.05) is 44.0 Å². The smallest absolute Gasteiger partial charge is 0.305 e. The van der Waals surface area contributed by atoms with E-state index in [0.29, 0.717) is 25.9 Å². The van der Waals surface area contributed by atoms with Crippen molar-refractivity contribution < 1.29 is 19.3 Å². The van der Waals surface area contributed by atoms with Gasteiger partial charge in [0.25, 0.3) is 0 Å². The standard InChI is InChI=1S/C20H20Br2O4/c1-24-19(23)7-8-20(9-10-26-25-2)17-11-13(21)3-5-15(17)16-6-4-14(22)12-18(16)20/h3-6,11-12H,7-10H2,1-2H3. The van der Waals surface area contributed by atoms with Crippen LogP contribution in [0.25, 0.3) is 11.1 Å². The van der Waals surface area contributed by atoms with Crippen LogP contribution >= 0.6 is 31.9 Å². The predicted octanol–water partition coefficient (Wildman–Crippen LogP) is 5.40. The molecule has 0 fully saturated rings. The van der Waals surface area contributed by atoms with Crippen molar-refractivity contribution in [1.82, 2.24) is 0 Å². The molecule has 6 heteroatoms. The third-order valence-electron chi connectivity index (χ3n) is 5.00. The summed E-state index contributed by atoms with van der Waals surface area (Å²) in [4.78, 5) is 21.9. The van der Waals surface area contributed by atoms with Gasteiger partial charge in [-0.3, -0.25) is 4.79 Å². The van der Waals surface area contributed by atoms with Crippen molar-refractivity contribution in [2.24, 2.45) is 0 Å². The van der Waals surface area contributed by atoms with E-state index in [1.807, 2.05) is 12.1 Å². The van der Waals surface area contributed by atoms with Crippen molar-refractivity contribution in [2.45, 2.75) is 24.7 Å². The number of halogens is 2. The maximum Gasteiger partial charge on any atom is 0.305 e. The Morgan fingerprint density at radius 3 is 2.04 bits per heavy atom. The van der Waals surface area contributed by atoms with Gasteiger partial charge in [0.15, 0.2) is 0 Å². The van der Waals surface area contributed by atoms with Gasteiger partial charge in [0.1, 0.15) is 0 Å².